The third-order valence-corrected chi connectivity index (χ3v) is 10.9. The average molecular weight is 586 g/mol. The number of methoxy groups -OCH3 is 1. The van der Waals surface area contributed by atoms with Crippen molar-refractivity contribution in [3.63, 3.8) is 0 Å². The lowest BCUT2D eigenvalue weighted by atomic mass is 9.49. The monoisotopic (exact) mass is 585 g/mol. The smallest absolute Gasteiger partial charge is 0.337 e. The van der Waals surface area contributed by atoms with Gasteiger partial charge in [0, 0.05) is 43.7 Å². The molecule has 8 rings (SSSR count). The van der Waals surface area contributed by atoms with Gasteiger partial charge in [-0.1, -0.05) is 30.3 Å². The van der Waals surface area contributed by atoms with Crippen LogP contribution in [0.4, 0.5) is 0 Å². The summed E-state index contributed by atoms with van der Waals surface area (Å²) in [7, 11) is 1.38. The number of esters is 1. The molecule has 8 nitrogen and oxygen atoms in total. The molecule has 4 saturated carbocycles. The highest BCUT2D eigenvalue weighted by Crippen LogP contribution is 2.61. The van der Waals surface area contributed by atoms with Crippen LogP contribution in [0.15, 0.2) is 48.5 Å². The van der Waals surface area contributed by atoms with Gasteiger partial charge in [-0.05, 0) is 91.9 Å². The Morgan fingerprint density at radius 2 is 1.58 bits per heavy atom. The molecule has 0 spiro atoms. The van der Waals surface area contributed by atoms with Crippen LogP contribution in [0.25, 0.3) is 0 Å². The van der Waals surface area contributed by atoms with Crippen LogP contribution in [-0.2, 0) is 27.5 Å². The Morgan fingerprint density at radius 3 is 2.23 bits per heavy atom. The second kappa shape index (κ2) is 11.6. The molecule has 2 saturated heterocycles. The largest absolute Gasteiger partial charge is 0.489 e. The van der Waals surface area contributed by atoms with Crippen molar-refractivity contribution in [2.45, 2.75) is 76.6 Å². The summed E-state index contributed by atoms with van der Waals surface area (Å²) in [4.78, 5) is 42.3. The molecule has 2 aromatic rings. The van der Waals surface area contributed by atoms with Gasteiger partial charge in [-0.2, -0.15) is 0 Å². The first-order chi connectivity index (χ1) is 20.9. The SMILES string of the molecule is COC(=O)c1ccc(COc2ccccc2CN2CC3CC2CN3C(=O)CNC(=O)CC23CC4CC(CC(C4)C2)C3)cc1. The summed E-state index contributed by atoms with van der Waals surface area (Å²) in [5.41, 5.74) is 2.81. The van der Waals surface area contributed by atoms with Gasteiger partial charge in [0.05, 0.1) is 19.2 Å². The van der Waals surface area contributed by atoms with Crippen molar-refractivity contribution >= 4 is 17.8 Å². The van der Waals surface area contributed by atoms with E-state index in [1.807, 2.05) is 35.2 Å². The van der Waals surface area contributed by atoms with Crippen molar-refractivity contribution in [2.24, 2.45) is 23.2 Å². The first kappa shape index (κ1) is 28.4. The van der Waals surface area contributed by atoms with Crippen molar-refractivity contribution in [1.82, 2.24) is 15.1 Å². The predicted octanol–water partition coefficient (Wildman–Crippen LogP) is 4.56. The van der Waals surface area contributed by atoms with Crippen molar-refractivity contribution < 1.29 is 23.9 Å². The molecule has 2 aliphatic heterocycles. The molecule has 1 N–H and O–H groups in total. The number of nitrogens with zero attached hydrogens (tertiary/aromatic N) is 2. The molecule has 2 heterocycles. The number of ether oxygens (including phenoxy) is 2. The second-order valence-corrected chi connectivity index (χ2v) is 14.0. The van der Waals surface area contributed by atoms with Crippen LogP contribution in [0.3, 0.4) is 0 Å². The number of benzene rings is 2. The van der Waals surface area contributed by atoms with E-state index >= 15 is 0 Å². The molecular formula is C35H43N3O5. The maximum absolute atomic E-state index is 13.2. The zero-order chi connectivity index (χ0) is 29.6. The van der Waals surface area contributed by atoms with Crippen molar-refractivity contribution in [3.05, 3.63) is 65.2 Å². The van der Waals surface area contributed by atoms with Crippen LogP contribution < -0.4 is 10.1 Å². The minimum atomic E-state index is -0.352. The number of rotatable bonds is 10. The lowest BCUT2D eigenvalue weighted by Gasteiger charge is -2.56. The van der Waals surface area contributed by atoms with Gasteiger partial charge in [0.2, 0.25) is 11.8 Å². The summed E-state index contributed by atoms with van der Waals surface area (Å²) >= 11 is 0. The van der Waals surface area contributed by atoms with Gasteiger partial charge in [-0.25, -0.2) is 4.79 Å². The molecule has 2 atom stereocenters. The molecule has 6 bridgehead atoms. The molecular weight excluding hydrogens is 542 g/mol. The van der Waals surface area contributed by atoms with Crippen LogP contribution in [-0.4, -0.2) is 66.4 Å². The highest BCUT2D eigenvalue weighted by atomic mass is 16.5. The molecule has 0 radical (unpaired) electrons. The zero-order valence-corrected chi connectivity index (χ0v) is 25.1. The molecule has 4 aliphatic carbocycles. The Morgan fingerprint density at radius 1 is 0.884 bits per heavy atom. The lowest BCUT2D eigenvalue weighted by molar-refractivity contribution is -0.137. The molecule has 2 unspecified atom stereocenters. The number of amides is 2. The van der Waals surface area contributed by atoms with Gasteiger partial charge in [-0.3, -0.25) is 14.5 Å². The summed E-state index contributed by atoms with van der Waals surface area (Å²) in [6.07, 6.45) is 9.34. The van der Waals surface area contributed by atoms with Gasteiger partial charge < -0.3 is 19.7 Å². The summed E-state index contributed by atoms with van der Waals surface area (Å²) in [6.45, 7) is 2.83. The van der Waals surface area contributed by atoms with Crippen LogP contribution in [0.5, 0.6) is 5.75 Å². The van der Waals surface area contributed by atoms with Crippen LogP contribution in [0.2, 0.25) is 0 Å². The van der Waals surface area contributed by atoms with Gasteiger partial charge >= 0.3 is 5.97 Å². The van der Waals surface area contributed by atoms with E-state index in [1.165, 1.54) is 45.6 Å². The second-order valence-electron chi connectivity index (χ2n) is 14.0. The first-order valence-corrected chi connectivity index (χ1v) is 16.0. The molecule has 2 aromatic carbocycles. The standard InChI is InChI=1S/C35H43N3O5/c1-42-34(41)27-8-6-23(7-9-27)22-43-31-5-3-2-4-28(31)19-37-20-30-13-29(37)21-38(30)33(40)18-36-32(39)17-35-14-24-10-25(15-35)12-26(11-24)16-35/h2-9,24-26,29-30H,10-22H2,1H3,(H,36,39). The molecule has 228 valence electrons. The number of likely N-dealkylation sites (tertiary alicyclic amines) is 2. The third-order valence-electron chi connectivity index (χ3n) is 10.9. The number of carbonyl (C=O) groups excluding carboxylic acids is 3. The summed E-state index contributed by atoms with van der Waals surface area (Å²) in [5.74, 6) is 3.09. The van der Waals surface area contributed by atoms with E-state index < -0.39 is 0 Å². The Kier molecular flexibility index (Phi) is 7.66. The number of carbonyl (C=O) groups is 3. The highest BCUT2D eigenvalue weighted by Gasteiger charge is 2.51. The number of nitrogens with one attached hydrogen (secondary N) is 1. The Bertz CT molecular complexity index is 1340. The number of hydrogen-bond acceptors (Lipinski definition) is 6. The van der Waals surface area contributed by atoms with E-state index in [1.54, 1.807) is 12.1 Å². The van der Waals surface area contributed by atoms with Crippen molar-refractivity contribution in [3.8, 4) is 5.75 Å². The quantitative estimate of drug-likeness (QED) is 0.412. The molecule has 2 amide bonds. The average Bonchev–Trinajstić information content (AvgIpc) is 3.59. The number of fused-ring (bicyclic) bond motifs is 2. The highest BCUT2D eigenvalue weighted by molar-refractivity contribution is 5.89. The van der Waals surface area contributed by atoms with E-state index in [0.717, 1.165) is 54.1 Å². The number of piperazine rings is 1. The normalized spacial score (nSPS) is 30.4. The predicted molar refractivity (Wildman–Crippen MR) is 161 cm³/mol. The maximum Gasteiger partial charge on any atom is 0.337 e. The molecule has 6 fully saturated rings. The summed E-state index contributed by atoms with van der Waals surface area (Å²) in [5, 5.41) is 3.01. The van der Waals surface area contributed by atoms with Crippen molar-refractivity contribution in [2.75, 3.05) is 26.7 Å². The van der Waals surface area contributed by atoms with Crippen LogP contribution in [0.1, 0.15) is 72.9 Å². The molecule has 0 aromatic heterocycles. The van der Waals surface area contributed by atoms with Gasteiger partial charge in [0.25, 0.3) is 0 Å². The fourth-order valence-corrected chi connectivity index (χ4v) is 9.44. The van der Waals surface area contributed by atoms with E-state index in [0.29, 0.717) is 31.2 Å². The summed E-state index contributed by atoms with van der Waals surface area (Å²) < 4.78 is 11.0. The Balaban J connectivity index is 0.884. The molecule has 6 aliphatic rings. The van der Waals surface area contributed by atoms with Crippen LogP contribution >= 0.6 is 0 Å². The van der Waals surface area contributed by atoms with Gasteiger partial charge in [0.15, 0.2) is 0 Å². The van der Waals surface area contributed by atoms with E-state index in [9.17, 15) is 14.4 Å². The minimum absolute atomic E-state index is 0.0490. The molecule has 8 heteroatoms. The minimum Gasteiger partial charge on any atom is -0.489 e. The Hall–Kier alpha value is -3.39. The first-order valence-electron chi connectivity index (χ1n) is 16.0. The fraction of sp³-hybridized carbons (Fsp3) is 0.571. The van der Waals surface area contributed by atoms with Gasteiger partial charge in [-0.15, -0.1) is 0 Å². The lowest BCUT2D eigenvalue weighted by Crippen LogP contribution is -2.51. The maximum atomic E-state index is 13.2. The van der Waals surface area contributed by atoms with E-state index in [4.69, 9.17) is 9.47 Å². The van der Waals surface area contributed by atoms with Crippen molar-refractivity contribution in [1.29, 1.82) is 0 Å². The topological polar surface area (TPSA) is 88.2 Å². The van der Waals surface area contributed by atoms with E-state index in [-0.39, 0.29) is 35.8 Å². The van der Waals surface area contributed by atoms with Gasteiger partial charge in [0.1, 0.15) is 12.4 Å². The zero-order valence-electron chi connectivity index (χ0n) is 25.1. The van der Waals surface area contributed by atoms with Crippen LogP contribution in [0, 0.1) is 23.2 Å². The Labute approximate surface area is 254 Å². The number of para-hydroxylation sites is 1. The molecule has 43 heavy (non-hydrogen) atoms. The number of hydrogen-bond donors (Lipinski definition) is 1. The summed E-state index contributed by atoms with van der Waals surface area (Å²) in [6, 6.07) is 15.9. The van der Waals surface area contributed by atoms with E-state index in [2.05, 4.69) is 16.3 Å². The fourth-order valence-electron chi connectivity index (χ4n) is 9.44. The third kappa shape index (κ3) is 5.91.